The molecule has 0 amide bonds. The van der Waals surface area contributed by atoms with Crippen molar-refractivity contribution < 1.29 is 12.8 Å². The smallest absolute Gasteiger partial charge is 0.276 e. The molecule has 0 aromatic carbocycles. The first-order chi connectivity index (χ1) is 9.09. The van der Waals surface area contributed by atoms with Crippen LogP contribution in [0.1, 0.15) is 25.2 Å². The van der Waals surface area contributed by atoms with Gasteiger partial charge in [-0.15, -0.1) is 10.2 Å². The van der Waals surface area contributed by atoms with E-state index in [2.05, 4.69) is 16.3 Å². The van der Waals surface area contributed by atoms with Gasteiger partial charge in [-0.3, -0.25) is 0 Å². The average Bonchev–Trinajstić information content (AvgIpc) is 2.92. The van der Waals surface area contributed by atoms with Crippen LogP contribution in [-0.4, -0.2) is 35.9 Å². The Morgan fingerprint density at radius 3 is 3.00 bits per heavy atom. The van der Waals surface area contributed by atoms with Gasteiger partial charge in [-0.25, -0.2) is 8.42 Å². The Morgan fingerprint density at radius 1 is 1.47 bits per heavy atom. The van der Waals surface area contributed by atoms with Crippen LogP contribution in [0, 0.1) is 17.2 Å². The molecule has 104 valence electrons. The molecule has 1 aliphatic rings. The van der Waals surface area contributed by atoms with Gasteiger partial charge < -0.3 is 4.42 Å². The quantitative estimate of drug-likeness (QED) is 0.579. The Kier molecular flexibility index (Phi) is 4.82. The summed E-state index contributed by atoms with van der Waals surface area (Å²) < 4.78 is 28.1. The van der Waals surface area contributed by atoms with Crippen molar-refractivity contribution in [2.24, 2.45) is 5.92 Å². The fraction of sp³-hybridized carbons (Fsp3) is 0.727. The van der Waals surface area contributed by atoms with Crippen LogP contribution in [0.4, 0.5) is 0 Å². The van der Waals surface area contributed by atoms with E-state index in [-0.39, 0.29) is 17.4 Å². The molecule has 1 aromatic heterocycles. The van der Waals surface area contributed by atoms with E-state index in [0.717, 1.165) is 12.2 Å². The minimum atomic E-state index is -2.85. The second kappa shape index (κ2) is 6.39. The van der Waals surface area contributed by atoms with Crippen LogP contribution in [0.5, 0.6) is 0 Å². The molecular formula is C11H15N3O3S2. The Labute approximate surface area is 116 Å². The summed E-state index contributed by atoms with van der Waals surface area (Å²) in [5, 5.41) is 16.7. The summed E-state index contributed by atoms with van der Waals surface area (Å²) in [6, 6.07) is 2.08. The fourth-order valence-electron chi connectivity index (χ4n) is 1.97. The number of nitriles is 1. The molecule has 0 saturated carbocycles. The second-order valence-corrected chi connectivity index (χ2v) is 7.82. The van der Waals surface area contributed by atoms with E-state index in [1.807, 2.05) is 0 Å². The number of aromatic nitrogens is 2. The molecular weight excluding hydrogens is 286 g/mol. The maximum absolute atomic E-state index is 11.3. The summed E-state index contributed by atoms with van der Waals surface area (Å²) in [6.45, 7) is 0. The van der Waals surface area contributed by atoms with Crippen molar-refractivity contribution in [2.75, 3.05) is 17.3 Å². The molecule has 0 bridgehead atoms. The first-order valence-electron chi connectivity index (χ1n) is 6.11. The number of sulfone groups is 1. The predicted octanol–water partition coefficient (Wildman–Crippen LogP) is 1.44. The highest BCUT2D eigenvalue weighted by atomic mass is 32.2. The summed E-state index contributed by atoms with van der Waals surface area (Å²) in [6.07, 6.45) is 2.52. The van der Waals surface area contributed by atoms with Gasteiger partial charge in [-0.1, -0.05) is 11.8 Å². The number of nitrogens with zero attached hydrogens (tertiary/aromatic N) is 3. The third-order valence-corrected chi connectivity index (χ3v) is 5.64. The first-order valence-corrected chi connectivity index (χ1v) is 8.92. The zero-order valence-electron chi connectivity index (χ0n) is 10.4. The van der Waals surface area contributed by atoms with E-state index in [4.69, 9.17) is 9.68 Å². The number of hydrogen-bond acceptors (Lipinski definition) is 7. The number of thioether (sulfide) groups is 1. The lowest BCUT2D eigenvalue weighted by molar-refractivity contribution is 0.389. The van der Waals surface area contributed by atoms with Crippen molar-refractivity contribution in [3.63, 3.8) is 0 Å². The van der Waals surface area contributed by atoms with Gasteiger partial charge in [0.15, 0.2) is 9.84 Å². The van der Waals surface area contributed by atoms with Crippen LogP contribution < -0.4 is 0 Å². The van der Waals surface area contributed by atoms with Crippen LogP contribution >= 0.6 is 11.8 Å². The highest BCUT2D eigenvalue weighted by Gasteiger charge is 2.29. The van der Waals surface area contributed by atoms with Gasteiger partial charge in [0.1, 0.15) is 0 Å². The highest BCUT2D eigenvalue weighted by molar-refractivity contribution is 7.99. The average molecular weight is 301 g/mol. The van der Waals surface area contributed by atoms with Crippen LogP contribution in [-0.2, 0) is 16.3 Å². The van der Waals surface area contributed by atoms with Gasteiger partial charge in [-0.05, 0) is 18.8 Å². The van der Waals surface area contributed by atoms with Crippen molar-refractivity contribution in [1.82, 2.24) is 10.2 Å². The molecule has 0 spiro atoms. The molecule has 0 unspecified atom stereocenters. The van der Waals surface area contributed by atoms with E-state index in [1.54, 1.807) is 0 Å². The Hall–Kier alpha value is -1.07. The topological polar surface area (TPSA) is 96.9 Å². The Morgan fingerprint density at radius 2 is 2.32 bits per heavy atom. The number of hydrogen-bond donors (Lipinski definition) is 0. The third kappa shape index (κ3) is 4.51. The van der Waals surface area contributed by atoms with Gasteiger partial charge in [-0.2, -0.15) is 5.26 Å². The third-order valence-electron chi connectivity index (χ3n) is 2.90. The van der Waals surface area contributed by atoms with E-state index in [0.29, 0.717) is 30.4 Å². The molecule has 2 heterocycles. The largest absolute Gasteiger partial charge is 0.416 e. The lowest BCUT2D eigenvalue weighted by Gasteiger charge is -2.01. The molecule has 1 fully saturated rings. The predicted molar refractivity (Wildman–Crippen MR) is 70.3 cm³/mol. The zero-order valence-corrected chi connectivity index (χ0v) is 12.0. The van der Waals surface area contributed by atoms with Crippen molar-refractivity contribution >= 4 is 21.6 Å². The van der Waals surface area contributed by atoms with Crippen molar-refractivity contribution in [1.29, 1.82) is 5.26 Å². The minimum absolute atomic E-state index is 0.0990. The second-order valence-electron chi connectivity index (χ2n) is 4.55. The summed E-state index contributed by atoms with van der Waals surface area (Å²) in [4.78, 5) is 0. The molecule has 1 saturated heterocycles. The van der Waals surface area contributed by atoms with Crippen molar-refractivity contribution in [3.05, 3.63) is 5.89 Å². The maximum atomic E-state index is 11.3. The summed E-state index contributed by atoms with van der Waals surface area (Å²) >= 11 is 1.43. The molecule has 2 rings (SSSR count). The van der Waals surface area contributed by atoms with Crippen LogP contribution in [0.3, 0.4) is 0 Å². The number of rotatable bonds is 6. The van der Waals surface area contributed by atoms with Gasteiger partial charge in [0.25, 0.3) is 5.22 Å². The van der Waals surface area contributed by atoms with Gasteiger partial charge in [0.05, 0.1) is 17.6 Å². The molecule has 0 aliphatic carbocycles. The molecule has 1 atom stereocenters. The SMILES string of the molecule is N#CCCCSc1nnc(C[C@H]2CCS(=O)(=O)C2)o1. The van der Waals surface area contributed by atoms with Crippen molar-refractivity contribution in [3.8, 4) is 6.07 Å². The van der Waals surface area contributed by atoms with Crippen molar-refractivity contribution in [2.45, 2.75) is 30.9 Å². The zero-order chi connectivity index (χ0) is 13.7. The van der Waals surface area contributed by atoms with Gasteiger partial charge >= 0.3 is 0 Å². The maximum Gasteiger partial charge on any atom is 0.276 e. The van der Waals surface area contributed by atoms with Crippen LogP contribution in [0.25, 0.3) is 0 Å². The lowest BCUT2D eigenvalue weighted by atomic mass is 10.1. The lowest BCUT2D eigenvalue weighted by Crippen LogP contribution is -2.07. The fourth-order valence-corrected chi connectivity index (χ4v) is 4.55. The molecule has 1 aliphatic heterocycles. The Bertz CT molecular complexity index is 562. The van der Waals surface area contributed by atoms with E-state index < -0.39 is 9.84 Å². The standard InChI is InChI=1S/C11H15N3O3S2/c12-4-1-2-5-18-11-14-13-10(17-11)7-9-3-6-19(15,16)8-9/h9H,1-3,5-8H2/t9-/m1/s1. The number of unbranched alkanes of at least 4 members (excludes halogenated alkanes) is 1. The molecule has 1 aromatic rings. The monoisotopic (exact) mass is 301 g/mol. The first kappa shape index (κ1) is 14.3. The van der Waals surface area contributed by atoms with Gasteiger partial charge in [0, 0.05) is 18.6 Å². The summed E-state index contributed by atoms with van der Waals surface area (Å²) in [5.41, 5.74) is 0. The minimum Gasteiger partial charge on any atom is -0.416 e. The summed E-state index contributed by atoms with van der Waals surface area (Å²) in [5.74, 6) is 1.86. The Balaban J connectivity index is 1.80. The molecule has 6 nitrogen and oxygen atoms in total. The van der Waals surface area contributed by atoms with Gasteiger partial charge in [0.2, 0.25) is 5.89 Å². The van der Waals surface area contributed by atoms with E-state index in [1.165, 1.54) is 11.8 Å². The van der Waals surface area contributed by atoms with E-state index >= 15 is 0 Å². The molecule has 19 heavy (non-hydrogen) atoms. The normalized spacial score (nSPS) is 21.3. The highest BCUT2D eigenvalue weighted by Crippen LogP contribution is 2.24. The molecule has 0 N–H and O–H groups in total. The van der Waals surface area contributed by atoms with Crippen LogP contribution in [0.2, 0.25) is 0 Å². The molecule has 0 radical (unpaired) electrons. The van der Waals surface area contributed by atoms with Crippen LogP contribution in [0.15, 0.2) is 9.64 Å². The summed E-state index contributed by atoms with van der Waals surface area (Å²) in [7, 11) is -2.85. The molecule has 8 heteroatoms. The van der Waals surface area contributed by atoms with E-state index in [9.17, 15) is 8.42 Å².